The summed E-state index contributed by atoms with van der Waals surface area (Å²) in [6.45, 7) is 3.58. The first kappa shape index (κ1) is 31.7. The van der Waals surface area contributed by atoms with E-state index in [2.05, 4.69) is 10.6 Å². The third-order valence-corrected chi connectivity index (χ3v) is 8.05. The average Bonchev–Trinajstić information content (AvgIpc) is 2.89. The highest BCUT2D eigenvalue weighted by Gasteiger charge is 2.49. The molecule has 2 amide bonds. The monoisotopic (exact) mass is 538 g/mol. The number of carboxylic acids is 2. The molecule has 2 fully saturated rings. The van der Waals surface area contributed by atoms with Crippen molar-refractivity contribution in [2.24, 2.45) is 17.6 Å². The van der Waals surface area contributed by atoms with Crippen LogP contribution in [0.25, 0.3) is 0 Å². The Bertz CT molecular complexity index is 824. The fraction of sp³-hybridized carbons (Fsp3) is 0.815. The van der Waals surface area contributed by atoms with Gasteiger partial charge in [0.25, 0.3) is 0 Å². The molecule has 1 saturated carbocycles. The maximum Gasteiger partial charge on any atom is 0.337 e. The molecule has 0 aromatic heterocycles. The molecule has 216 valence electrons. The van der Waals surface area contributed by atoms with E-state index >= 15 is 0 Å². The largest absolute Gasteiger partial charge is 0.481 e. The SMILES string of the molecule is CCN(CC(=O)NC(CCC1CCCCC1)(C(=O)O)C(=O)[C@@H](N)CC(=O)O)C(=O)CCCC1CCNCC1. The number of carbonyl (C=O) groups excluding carboxylic acids is 3. The maximum absolute atomic E-state index is 13.3. The van der Waals surface area contributed by atoms with Crippen molar-refractivity contribution in [1.82, 2.24) is 15.5 Å². The Labute approximate surface area is 225 Å². The number of amides is 2. The van der Waals surface area contributed by atoms with E-state index in [0.717, 1.165) is 64.5 Å². The number of nitrogens with two attached hydrogens (primary N) is 1. The van der Waals surface area contributed by atoms with Crippen molar-refractivity contribution in [3.05, 3.63) is 0 Å². The molecule has 2 atom stereocenters. The summed E-state index contributed by atoms with van der Waals surface area (Å²) in [4.78, 5) is 64.2. The Morgan fingerprint density at radius 2 is 1.63 bits per heavy atom. The number of nitrogens with zero attached hydrogens (tertiary/aromatic N) is 1. The summed E-state index contributed by atoms with van der Waals surface area (Å²) >= 11 is 0. The highest BCUT2D eigenvalue weighted by atomic mass is 16.4. The third-order valence-electron chi connectivity index (χ3n) is 8.05. The minimum absolute atomic E-state index is 0.179. The lowest BCUT2D eigenvalue weighted by molar-refractivity contribution is -0.155. The first-order valence-corrected chi connectivity index (χ1v) is 14.1. The molecule has 0 aromatic rings. The van der Waals surface area contributed by atoms with E-state index in [1.807, 2.05) is 0 Å². The Hall–Kier alpha value is -2.53. The topological polar surface area (TPSA) is 179 Å². The molecule has 0 aromatic carbocycles. The van der Waals surface area contributed by atoms with Gasteiger partial charge in [-0.1, -0.05) is 32.1 Å². The standard InChI is InChI=1S/C27H46N4O7/c1-2-31(23(33)10-6-9-20-12-15-29-16-13-20)18-22(32)30-27(26(37)38,25(36)21(28)17-24(34)35)14-11-19-7-4-3-5-8-19/h19-21,29H,2-18,28H2,1H3,(H,30,32)(H,34,35)(H,37,38)/t21-,27?/m0/s1. The lowest BCUT2D eigenvalue weighted by Crippen LogP contribution is -2.65. The van der Waals surface area contributed by atoms with Crippen molar-refractivity contribution >= 4 is 29.5 Å². The minimum atomic E-state index is -2.35. The van der Waals surface area contributed by atoms with Crippen LogP contribution < -0.4 is 16.4 Å². The van der Waals surface area contributed by atoms with Gasteiger partial charge in [0.1, 0.15) is 0 Å². The number of nitrogens with one attached hydrogen (secondary N) is 2. The predicted molar refractivity (Wildman–Crippen MR) is 141 cm³/mol. The summed E-state index contributed by atoms with van der Waals surface area (Å²) in [5, 5.41) is 25.0. The molecule has 1 aliphatic heterocycles. The Morgan fingerprint density at radius 3 is 2.21 bits per heavy atom. The second kappa shape index (κ2) is 15.8. The molecule has 11 heteroatoms. The second-order valence-electron chi connectivity index (χ2n) is 10.9. The van der Waals surface area contributed by atoms with Gasteiger partial charge in [-0.15, -0.1) is 0 Å². The predicted octanol–water partition coefficient (Wildman–Crippen LogP) is 1.68. The summed E-state index contributed by atoms with van der Waals surface area (Å²) in [5.74, 6) is -4.11. The number of Topliss-reactive ketones (excluding diaryl/α,β-unsaturated/α-hetero) is 1. The molecule has 38 heavy (non-hydrogen) atoms. The van der Waals surface area contributed by atoms with Gasteiger partial charge in [-0.2, -0.15) is 0 Å². The van der Waals surface area contributed by atoms with Gasteiger partial charge in [0.2, 0.25) is 11.8 Å². The second-order valence-corrected chi connectivity index (χ2v) is 10.9. The normalized spacial score (nSPS) is 19.2. The Morgan fingerprint density at radius 1 is 1.00 bits per heavy atom. The molecule has 1 unspecified atom stereocenters. The van der Waals surface area contributed by atoms with Crippen molar-refractivity contribution in [2.45, 2.75) is 102 Å². The molecule has 1 saturated heterocycles. The van der Waals surface area contributed by atoms with Gasteiger partial charge in [0, 0.05) is 13.0 Å². The van der Waals surface area contributed by atoms with Crippen LogP contribution in [0.15, 0.2) is 0 Å². The van der Waals surface area contributed by atoms with Crippen LogP contribution in [0.5, 0.6) is 0 Å². The maximum atomic E-state index is 13.3. The number of hydrogen-bond donors (Lipinski definition) is 5. The number of likely N-dealkylation sites (N-methyl/N-ethyl adjacent to an activating group) is 1. The Balaban J connectivity index is 2.08. The van der Waals surface area contributed by atoms with Gasteiger partial charge in [-0.05, 0) is 70.4 Å². The van der Waals surface area contributed by atoms with Crippen LogP contribution in [0.3, 0.4) is 0 Å². The molecule has 0 spiro atoms. The van der Waals surface area contributed by atoms with E-state index in [4.69, 9.17) is 10.8 Å². The molecular formula is C27H46N4O7. The number of carbonyl (C=O) groups is 5. The van der Waals surface area contributed by atoms with Gasteiger partial charge in [0.05, 0.1) is 19.0 Å². The van der Waals surface area contributed by atoms with Gasteiger partial charge in [-0.25, -0.2) is 4.79 Å². The molecule has 0 bridgehead atoms. The minimum Gasteiger partial charge on any atom is -0.481 e. The van der Waals surface area contributed by atoms with E-state index in [9.17, 15) is 29.1 Å². The smallest absolute Gasteiger partial charge is 0.337 e. The molecule has 1 aliphatic carbocycles. The van der Waals surface area contributed by atoms with Gasteiger partial charge >= 0.3 is 11.9 Å². The molecule has 6 N–H and O–H groups in total. The zero-order chi connectivity index (χ0) is 28.1. The van der Waals surface area contributed by atoms with Crippen molar-refractivity contribution in [1.29, 1.82) is 0 Å². The van der Waals surface area contributed by atoms with Crippen molar-refractivity contribution in [2.75, 3.05) is 26.2 Å². The molecule has 2 aliphatic rings. The van der Waals surface area contributed by atoms with Crippen LogP contribution in [-0.4, -0.2) is 82.4 Å². The van der Waals surface area contributed by atoms with E-state index < -0.39 is 41.6 Å². The van der Waals surface area contributed by atoms with Crippen molar-refractivity contribution in [3.63, 3.8) is 0 Å². The zero-order valence-electron chi connectivity index (χ0n) is 22.7. The van der Waals surface area contributed by atoms with Crippen LogP contribution in [0.4, 0.5) is 0 Å². The van der Waals surface area contributed by atoms with Gasteiger partial charge in [0.15, 0.2) is 11.3 Å². The molecule has 11 nitrogen and oxygen atoms in total. The Kier molecular flexibility index (Phi) is 13.2. The summed E-state index contributed by atoms with van der Waals surface area (Å²) in [6, 6.07) is -1.59. The van der Waals surface area contributed by atoms with Gasteiger partial charge < -0.3 is 31.5 Å². The van der Waals surface area contributed by atoms with E-state index in [-0.39, 0.29) is 31.3 Å². The number of rotatable bonds is 16. The molecular weight excluding hydrogens is 492 g/mol. The van der Waals surface area contributed by atoms with Crippen LogP contribution in [0.2, 0.25) is 0 Å². The van der Waals surface area contributed by atoms with Crippen molar-refractivity contribution < 1.29 is 34.2 Å². The summed E-state index contributed by atoms with van der Waals surface area (Å²) in [5.41, 5.74) is 3.46. The number of ketones is 1. The molecule has 0 radical (unpaired) electrons. The fourth-order valence-corrected chi connectivity index (χ4v) is 5.70. The summed E-state index contributed by atoms with van der Waals surface area (Å²) < 4.78 is 0. The third kappa shape index (κ3) is 9.65. The van der Waals surface area contributed by atoms with Crippen molar-refractivity contribution in [3.8, 4) is 0 Å². The number of piperidine rings is 1. The first-order chi connectivity index (χ1) is 18.1. The molecule has 2 rings (SSSR count). The number of hydrogen-bond acceptors (Lipinski definition) is 7. The van der Waals surface area contributed by atoms with Crippen LogP contribution in [-0.2, 0) is 24.0 Å². The number of aliphatic carboxylic acids is 2. The zero-order valence-corrected chi connectivity index (χ0v) is 22.7. The van der Waals surface area contributed by atoms with Crippen LogP contribution >= 0.6 is 0 Å². The summed E-state index contributed by atoms with van der Waals surface area (Å²) in [6.07, 6.45) is 8.57. The van der Waals surface area contributed by atoms with E-state index in [1.165, 1.54) is 4.90 Å². The highest BCUT2D eigenvalue weighted by Crippen LogP contribution is 2.30. The van der Waals surface area contributed by atoms with Gasteiger partial charge in [-0.3, -0.25) is 19.2 Å². The number of carboxylic acid groups (broad SMARTS) is 2. The highest BCUT2D eigenvalue weighted by molar-refractivity contribution is 6.13. The first-order valence-electron chi connectivity index (χ1n) is 14.1. The molecule has 1 heterocycles. The van der Waals surface area contributed by atoms with Crippen LogP contribution in [0.1, 0.15) is 90.4 Å². The van der Waals surface area contributed by atoms with Crippen LogP contribution in [0, 0.1) is 11.8 Å². The lowest BCUT2D eigenvalue weighted by atomic mass is 9.78. The summed E-state index contributed by atoms with van der Waals surface area (Å²) in [7, 11) is 0. The quantitative estimate of drug-likeness (QED) is 0.183. The fourth-order valence-electron chi connectivity index (χ4n) is 5.70. The van der Waals surface area contributed by atoms with E-state index in [0.29, 0.717) is 25.2 Å². The van der Waals surface area contributed by atoms with E-state index in [1.54, 1.807) is 6.92 Å². The average molecular weight is 539 g/mol. The lowest BCUT2D eigenvalue weighted by Gasteiger charge is -2.34.